The van der Waals surface area contributed by atoms with E-state index in [0.717, 1.165) is 50.0 Å². The minimum absolute atomic E-state index is 0.182. The number of aryl methyl sites for hydroxylation is 1. The van der Waals surface area contributed by atoms with Gasteiger partial charge in [0.2, 0.25) is 0 Å². The summed E-state index contributed by atoms with van der Waals surface area (Å²) in [5, 5.41) is 13.6. The van der Waals surface area contributed by atoms with Crippen molar-refractivity contribution in [3.05, 3.63) is 83.7 Å². The lowest BCUT2D eigenvalue weighted by Gasteiger charge is -2.18. The van der Waals surface area contributed by atoms with E-state index in [1.54, 1.807) is 19.2 Å². The number of aliphatic hydroxyl groups excluding tert-OH is 1. The molecule has 0 saturated heterocycles. The van der Waals surface area contributed by atoms with Crippen LogP contribution in [0.5, 0.6) is 5.75 Å². The summed E-state index contributed by atoms with van der Waals surface area (Å²) in [6.45, 7) is 5.00. The Balaban J connectivity index is 0.000000216. The monoisotopic (exact) mass is 424 g/mol. The van der Waals surface area contributed by atoms with E-state index in [2.05, 4.69) is 35.8 Å². The van der Waals surface area contributed by atoms with E-state index in [4.69, 9.17) is 9.84 Å². The SMILES string of the molecule is CCNCc1ccccc1OC.CO.Fc1cccc(-c2ccc3c(c2)CCCN3)c1. The van der Waals surface area contributed by atoms with Gasteiger partial charge in [-0.2, -0.15) is 0 Å². The van der Waals surface area contributed by atoms with Crippen LogP contribution in [0.4, 0.5) is 10.1 Å². The molecular formula is C26H33FN2O2. The highest BCUT2D eigenvalue weighted by molar-refractivity contribution is 5.69. The van der Waals surface area contributed by atoms with Crippen LogP contribution in [0.15, 0.2) is 66.7 Å². The standard InChI is InChI=1S/C15H14FN.C10H15NO.CH4O/c16-14-5-1-3-11(10-14)12-6-7-15-13(9-12)4-2-8-17-15;1-3-11-8-9-6-4-5-7-10(9)12-2;1-2/h1,3,5-7,9-10,17H,2,4,8H2;4-7,11H,3,8H2,1-2H3;2H,1H3. The van der Waals surface area contributed by atoms with Gasteiger partial charge in [-0.05, 0) is 66.4 Å². The van der Waals surface area contributed by atoms with E-state index >= 15 is 0 Å². The van der Waals surface area contributed by atoms with Crippen LogP contribution in [0.25, 0.3) is 11.1 Å². The molecule has 166 valence electrons. The number of rotatable bonds is 5. The molecule has 3 N–H and O–H groups in total. The normalized spacial score (nSPS) is 11.6. The minimum Gasteiger partial charge on any atom is -0.496 e. The Bertz CT molecular complexity index is 931. The lowest BCUT2D eigenvalue weighted by atomic mass is 9.97. The van der Waals surface area contributed by atoms with Gasteiger partial charge in [0.05, 0.1) is 7.11 Å². The van der Waals surface area contributed by atoms with Crippen LogP contribution in [0.2, 0.25) is 0 Å². The molecule has 5 heteroatoms. The maximum absolute atomic E-state index is 13.2. The molecule has 0 saturated carbocycles. The van der Waals surface area contributed by atoms with Crippen LogP contribution in [-0.4, -0.2) is 32.4 Å². The molecule has 0 spiro atoms. The maximum atomic E-state index is 13.2. The first-order valence-electron chi connectivity index (χ1n) is 10.6. The Morgan fingerprint density at radius 1 is 1.00 bits per heavy atom. The molecule has 1 heterocycles. The van der Waals surface area contributed by atoms with Crippen LogP contribution in [0.1, 0.15) is 24.5 Å². The number of fused-ring (bicyclic) bond motifs is 1. The molecule has 0 aromatic heterocycles. The van der Waals surface area contributed by atoms with Crippen molar-refractivity contribution >= 4 is 5.69 Å². The number of benzene rings is 3. The second kappa shape index (κ2) is 13.4. The largest absolute Gasteiger partial charge is 0.496 e. The van der Waals surface area contributed by atoms with Gasteiger partial charge in [-0.1, -0.05) is 43.3 Å². The Kier molecular flexibility index (Phi) is 10.6. The van der Waals surface area contributed by atoms with Gasteiger partial charge in [0, 0.05) is 31.5 Å². The average molecular weight is 425 g/mol. The van der Waals surface area contributed by atoms with Gasteiger partial charge in [-0.25, -0.2) is 4.39 Å². The zero-order valence-corrected chi connectivity index (χ0v) is 18.6. The Hall–Kier alpha value is -2.89. The molecule has 3 aromatic carbocycles. The van der Waals surface area contributed by atoms with Gasteiger partial charge >= 0.3 is 0 Å². The number of methoxy groups -OCH3 is 1. The number of para-hydroxylation sites is 1. The predicted octanol–water partition coefficient (Wildman–Crippen LogP) is 5.26. The number of ether oxygens (including phenoxy) is 1. The lowest BCUT2D eigenvalue weighted by molar-refractivity contribution is 0.399. The highest BCUT2D eigenvalue weighted by Crippen LogP contribution is 2.28. The first-order valence-corrected chi connectivity index (χ1v) is 10.6. The third kappa shape index (κ3) is 7.39. The summed E-state index contributed by atoms with van der Waals surface area (Å²) in [6, 6.07) is 21.1. The molecule has 0 unspecified atom stereocenters. The summed E-state index contributed by atoms with van der Waals surface area (Å²) in [7, 11) is 2.70. The minimum atomic E-state index is -0.182. The summed E-state index contributed by atoms with van der Waals surface area (Å²) in [5.41, 5.74) is 5.79. The van der Waals surface area contributed by atoms with E-state index in [1.807, 2.05) is 30.3 Å². The van der Waals surface area contributed by atoms with Crippen LogP contribution in [0, 0.1) is 5.82 Å². The van der Waals surface area contributed by atoms with Crippen molar-refractivity contribution in [1.82, 2.24) is 5.32 Å². The summed E-state index contributed by atoms with van der Waals surface area (Å²) >= 11 is 0. The Morgan fingerprint density at radius 3 is 2.52 bits per heavy atom. The molecule has 1 aliphatic heterocycles. The van der Waals surface area contributed by atoms with Crippen molar-refractivity contribution in [2.45, 2.75) is 26.3 Å². The van der Waals surface area contributed by atoms with Gasteiger partial charge in [-0.3, -0.25) is 0 Å². The maximum Gasteiger partial charge on any atom is 0.123 e. The number of hydrogen-bond acceptors (Lipinski definition) is 4. The highest BCUT2D eigenvalue weighted by Gasteiger charge is 2.09. The summed E-state index contributed by atoms with van der Waals surface area (Å²) in [4.78, 5) is 0. The molecule has 31 heavy (non-hydrogen) atoms. The van der Waals surface area contributed by atoms with Gasteiger partial charge in [0.25, 0.3) is 0 Å². The topological polar surface area (TPSA) is 53.5 Å². The van der Waals surface area contributed by atoms with E-state index in [-0.39, 0.29) is 5.82 Å². The Labute approximate surface area is 185 Å². The predicted molar refractivity (Wildman–Crippen MR) is 127 cm³/mol. The molecular weight excluding hydrogens is 391 g/mol. The molecule has 0 amide bonds. The zero-order valence-electron chi connectivity index (χ0n) is 18.6. The van der Waals surface area contributed by atoms with Crippen LogP contribution in [-0.2, 0) is 13.0 Å². The van der Waals surface area contributed by atoms with Crippen LogP contribution in [0.3, 0.4) is 0 Å². The molecule has 0 atom stereocenters. The third-order valence-corrected chi connectivity index (χ3v) is 4.96. The molecule has 1 aliphatic rings. The second-order valence-corrected chi connectivity index (χ2v) is 7.00. The van der Waals surface area contributed by atoms with Crippen LogP contribution < -0.4 is 15.4 Å². The number of aliphatic hydroxyl groups is 1. The summed E-state index contributed by atoms with van der Waals surface area (Å²) in [5.74, 6) is 0.775. The molecule has 4 rings (SSSR count). The van der Waals surface area contributed by atoms with Gasteiger partial charge in [0.1, 0.15) is 11.6 Å². The average Bonchev–Trinajstić information content (AvgIpc) is 2.84. The zero-order chi connectivity index (χ0) is 22.5. The van der Waals surface area contributed by atoms with Crippen molar-refractivity contribution in [2.24, 2.45) is 0 Å². The lowest BCUT2D eigenvalue weighted by Crippen LogP contribution is -2.12. The fourth-order valence-electron chi connectivity index (χ4n) is 3.43. The van der Waals surface area contributed by atoms with Crippen molar-refractivity contribution in [3.63, 3.8) is 0 Å². The van der Waals surface area contributed by atoms with Gasteiger partial charge < -0.3 is 20.5 Å². The fraction of sp³-hybridized carbons (Fsp3) is 0.308. The van der Waals surface area contributed by atoms with E-state index in [9.17, 15) is 4.39 Å². The van der Waals surface area contributed by atoms with E-state index < -0.39 is 0 Å². The molecule has 0 radical (unpaired) electrons. The number of halogens is 1. The summed E-state index contributed by atoms with van der Waals surface area (Å²) < 4.78 is 18.4. The van der Waals surface area contributed by atoms with Crippen molar-refractivity contribution in [3.8, 4) is 16.9 Å². The molecule has 4 nitrogen and oxygen atoms in total. The summed E-state index contributed by atoms with van der Waals surface area (Å²) in [6.07, 6.45) is 2.27. The first-order chi connectivity index (χ1) is 15.2. The van der Waals surface area contributed by atoms with Crippen molar-refractivity contribution < 1.29 is 14.2 Å². The quantitative estimate of drug-likeness (QED) is 0.523. The van der Waals surface area contributed by atoms with E-state index in [0.29, 0.717) is 0 Å². The molecule has 0 bridgehead atoms. The molecule has 3 aromatic rings. The first kappa shape index (κ1) is 24.4. The van der Waals surface area contributed by atoms with Gasteiger partial charge in [-0.15, -0.1) is 0 Å². The van der Waals surface area contributed by atoms with Crippen molar-refractivity contribution in [2.75, 3.05) is 32.6 Å². The number of nitrogens with one attached hydrogen (secondary N) is 2. The second-order valence-electron chi connectivity index (χ2n) is 7.00. The number of hydrogen-bond donors (Lipinski definition) is 3. The van der Waals surface area contributed by atoms with Crippen LogP contribution >= 0.6 is 0 Å². The van der Waals surface area contributed by atoms with E-state index in [1.165, 1.54) is 29.3 Å². The van der Waals surface area contributed by atoms with Gasteiger partial charge in [0.15, 0.2) is 0 Å². The van der Waals surface area contributed by atoms with Crippen molar-refractivity contribution in [1.29, 1.82) is 0 Å². The molecule has 0 fully saturated rings. The smallest absolute Gasteiger partial charge is 0.123 e. The highest BCUT2D eigenvalue weighted by atomic mass is 19.1. The third-order valence-electron chi connectivity index (χ3n) is 4.96. The fourth-order valence-corrected chi connectivity index (χ4v) is 3.43. The number of anilines is 1. The molecule has 0 aliphatic carbocycles. The Morgan fingerprint density at radius 2 is 1.77 bits per heavy atom.